The average molecular weight is 359 g/mol. The molecule has 1 aromatic heterocycles. The van der Waals surface area contributed by atoms with Gasteiger partial charge in [0.1, 0.15) is 0 Å². The van der Waals surface area contributed by atoms with Crippen molar-refractivity contribution >= 4 is 26.7 Å². The van der Waals surface area contributed by atoms with Crippen molar-refractivity contribution in [1.29, 1.82) is 0 Å². The Kier molecular flexibility index (Phi) is 4.43. The van der Waals surface area contributed by atoms with Crippen molar-refractivity contribution in [3.05, 3.63) is 58.5 Å². The van der Waals surface area contributed by atoms with Crippen molar-refractivity contribution in [1.82, 2.24) is 9.13 Å². The second kappa shape index (κ2) is 6.40. The number of nitrogens with zero attached hydrogens (tertiary/aromatic N) is 2. The third kappa shape index (κ3) is 3.07. The van der Waals surface area contributed by atoms with E-state index in [4.69, 9.17) is 0 Å². The molecular weight excluding hydrogens is 338 g/mol. The Bertz CT molecular complexity index is 1080. The number of rotatable bonds is 5. The number of fused-ring (bicyclic) bond motifs is 1. The second-order valence-corrected chi connectivity index (χ2v) is 7.58. The maximum atomic E-state index is 12.5. The highest BCUT2D eigenvalue weighted by Gasteiger charge is 2.16. The molecule has 2 aromatic carbocycles. The highest BCUT2D eigenvalue weighted by Crippen LogP contribution is 2.22. The Labute approximate surface area is 146 Å². The molecule has 132 valence electrons. The molecule has 0 amide bonds. The zero-order chi connectivity index (χ0) is 18.2. The van der Waals surface area contributed by atoms with Crippen LogP contribution < -0.4 is 10.4 Å². The SMILES string of the molecule is CCn1c(=O)n(CC)c2cc(NS(=O)(=O)c3ccc(C)cc3)ccc21. The molecule has 0 unspecified atom stereocenters. The minimum Gasteiger partial charge on any atom is -0.292 e. The predicted molar refractivity (Wildman–Crippen MR) is 99.5 cm³/mol. The topological polar surface area (TPSA) is 73.1 Å². The van der Waals surface area contributed by atoms with Crippen LogP contribution in [0.2, 0.25) is 0 Å². The Morgan fingerprint density at radius 2 is 1.52 bits per heavy atom. The van der Waals surface area contributed by atoms with Crippen LogP contribution in [0.3, 0.4) is 0 Å². The lowest BCUT2D eigenvalue weighted by Gasteiger charge is -2.09. The van der Waals surface area contributed by atoms with Gasteiger partial charge < -0.3 is 0 Å². The molecule has 0 saturated carbocycles. The van der Waals surface area contributed by atoms with Gasteiger partial charge in [-0.2, -0.15) is 0 Å². The van der Waals surface area contributed by atoms with Crippen LogP contribution in [-0.4, -0.2) is 17.6 Å². The number of nitrogens with one attached hydrogen (secondary N) is 1. The van der Waals surface area contributed by atoms with Gasteiger partial charge in [-0.3, -0.25) is 13.9 Å². The van der Waals surface area contributed by atoms with Crippen molar-refractivity contribution in [3.63, 3.8) is 0 Å². The maximum absolute atomic E-state index is 12.5. The third-order valence-corrected chi connectivity index (χ3v) is 5.63. The van der Waals surface area contributed by atoms with E-state index in [9.17, 15) is 13.2 Å². The van der Waals surface area contributed by atoms with E-state index < -0.39 is 10.0 Å². The molecule has 0 aliphatic carbocycles. The molecule has 3 rings (SSSR count). The van der Waals surface area contributed by atoms with Crippen LogP contribution in [-0.2, 0) is 23.1 Å². The van der Waals surface area contributed by atoms with E-state index in [1.807, 2.05) is 20.8 Å². The molecule has 0 radical (unpaired) electrons. The van der Waals surface area contributed by atoms with Gasteiger partial charge in [0.25, 0.3) is 10.0 Å². The summed E-state index contributed by atoms with van der Waals surface area (Å²) in [4.78, 5) is 12.6. The second-order valence-electron chi connectivity index (χ2n) is 5.89. The minimum atomic E-state index is -3.67. The van der Waals surface area contributed by atoms with Gasteiger partial charge in [0.15, 0.2) is 0 Å². The monoisotopic (exact) mass is 359 g/mol. The molecule has 1 heterocycles. The summed E-state index contributed by atoms with van der Waals surface area (Å²) in [6.45, 7) is 6.80. The van der Waals surface area contributed by atoms with Gasteiger partial charge in [0.05, 0.1) is 21.6 Å². The lowest BCUT2D eigenvalue weighted by atomic mass is 10.2. The largest absolute Gasteiger partial charge is 0.329 e. The summed E-state index contributed by atoms with van der Waals surface area (Å²) in [6, 6.07) is 11.8. The smallest absolute Gasteiger partial charge is 0.292 e. The van der Waals surface area contributed by atoms with Crippen molar-refractivity contribution in [2.75, 3.05) is 4.72 Å². The number of imidazole rings is 1. The van der Waals surface area contributed by atoms with Gasteiger partial charge in [-0.15, -0.1) is 0 Å². The molecule has 0 spiro atoms. The van der Waals surface area contributed by atoms with Crippen LogP contribution in [0.25, 0.3) is 11.0 Å². The van der Waals surface area contributed by atoms with Crippen LogP contribution >= 0.6 is 0 Å². The molecule has 0 bridgehead atoms. The third-order valence-electron chi connectivity index (χ3n) is 4.23. The summed E-state index contributed by atoms with van der Waals surface area (Å²) >= 11 is 0. The lowest BCUT2D eigenvalue weighted by molar-refractivity contribution is 0.601. The number of anilines is 1. The molecule has 7 heteroatoms. The molecule has 6 nitrogen and oxygen atoms in total. The standard InChI is InChI=1S/C18H21N3O3S/c1-4-20-16-11-8-14(12-17(16)21(5-2)18(20)22)19-25(23,24)15-9-6-13(3)7-10-15/h6-12,19H,4-5H2,1-3H3. The summed E-state index contributed by atoms with van der Waals surface area (Å²) in [5, 5.41) is 0. The minimum absolute atomic E-state index is 0.0847. The fraction of sp³-hybridized carbons (Fsp3) is 0.278. The van der Waals surface area contributed by atoms with Crippen LogP contribution in [0, 0.1) is 6.92 Å². The first kappa shape index (κ1) is 17.3. The Balaban J connectivity index is 2.05. The normalized spacial score (nSPS) is 11.8. The van der Waals surface area contributed by atoms with Crippen molar-refractivity contribution in [3.8, 4) is 0 Å². The first-order chi connectivity index (χ1) is 11.9. The van der Waals surface area contributed by atoms with Gasteiger partial charge in [-0.25, -0.2) is 13.2 Å². The Hall–Kier alpha value is -2.54. The number of benzene rings is 2. The van der Waals surface area contributed by atoms with Gasteiger partial charge >= 0.3 is 5.69 Å². The van der Waals surface area contributed by atoms with E-state index in [2.05, 4.69) is 4.72 Å². The first-order valence-electron chi connectivity index (χ1n) is 8.20. The van der Waals surface area contributed by atoms with Crippen LogP contribution in [0.1, 0.15) is 19.4 Å². The maximum Gasteiger partial charge on any atom is 0.329 e. The van der Waals surface area contributed by atoms with Crippen LogP contribution in [0.5, 0.6) is 0 Å². The van der Waals surface area contributed by atoms with E-state index in [0.717, 1.165) is 16.6 Å². The Morgan fingerprint density at radius 1 is 0.920 bits per heavy atom. The Morgan fingerprint density at radius 3 is 2.12 bits per heavy atom. The summed E-state index contributed by atoms with van der Waals surface area (Å²) in [7, 11) is -3.67. The van der Waals surface area contributed by atoms with Crippen molar-refractivity contribution in [2.24, 2.45) is 0 Å². The molecule has 0 fully saturated rings. The number of sulfonamides is 1. The molecular formula is C18H21N3O3S. The van der Waals surface area contributed by atoms with E-state index in [-0.39, 0.29) is 10.6 Å². The number of aromatic nitrogens is 2. The molecule has 0 saturated heterocycles. The quantitative estimate of drug-likeness (QED) is 0.761. The fourth-order valence-corrected chi connectivity index (χ4v) is 3.98. The van der Waals surface area contributed by atoms with E-state index in [1.54, 1.807) is 51.6 Å². The molecule has 0 aliphatic rings. The van der Waals surface area contributed by atoms with E-state index in [1.165, 1.54) is 0 Å². The lowest BCUT2D eigenvalue weighted by Crippen LogP contribution is -2.23. The summed E-state index contributed by atoms with van der Waals surface area (Å²) in [5.74, 6) is 0. The molecule has 25 heavy (non-hydrogen) atoms. The zero-order valence-electron chi connectivity index (χ0n) is 14.5. The molecule has 0 aliphatic heterocycles. The van der Waals surface area contributed by atoms with Crippen LogP contribution in [0.15, 0.2) is 52.2 Å². The average Bonchev–Trinajstić information content (AvgIpc) is 2.84. The molecule has 3 aromatic rings. The van der Waals surface area contributed by atoms with E-state index in [0.29, 0.717) is 18.8 Å². The zero-order valence-corrected chi connectivity index (χ0v) is 15.3. The number of hydrogen-bond acceptors (Lipinski definition) is 3. The van der Waals surface area contributed by atoms with Crippen molar-refractivity contribution in [2.45, 2.75) is 38.8 Å². The van der Waals surface area contributed by atoms with Crippen LogP contribution in [0.4, 0.5) is 5.69 Å². The summed E-state index contributed by atoms with van der Waals surface area (Å²) in [6.07, 6.45) is 0. The summed E-state index contributed by atoms with van der Waals surface area (Å²) in [5.41, 5.74) is 2.86. The predicted octanol–water partition coefficient (Wildman–Crippen LogP) is 2.95. The number of hydrogen-bond donors (Lipinski definition) is 1. The van der Waals surface area contributed by atoms with Gasteiger partial charge in [0.2, 0.25) is 0 Å². The van der Waals surface area contributed by atoms with Gasteiger partial charge in [-0.1, -0.05) is 17.7 Å². The first-order valence-corrected chi connectivity index (χ1v) is 9.68. The van der Waals surface area contributed by atoms with Crippen molar-refractivity contribution < 1.29 is 8.42 Å². The van der Waals surface area contributed by atoms with Gasteiger partial charge in [-0.05, 0) is 51.1 Å². The van der Waals surface area contributed by atoms with E-state index >= 15 is 0 Å². The highest BCUT2D eigenvalue weighted by molar-refractivity contribution is 7.92. The molecule has 0 atom stereocenters. The van der Waals surface area contributed by atoms with Gasteiger partial charge in [0, 0.05) is 13.1 Å². The summed E-state index contributed by atoms with van der Waals surface area (Å²) < 4.78 is 31.0. The molecule has 1 N–H and O–H groups in total. The highest BCUT2D eigenvalue weighted by atomic mass is 32.2. The fourth-order valence-electron chi connectivity index (χ4n) is 2.93. The number of aryl methyl sites for hydroxylation is 3.